The molecule has 0 saturated heterocycles. The molecule has 1 aromatic heterocycles. The topological polar surface area (TPSA) is 44.1 Å². The number of esters is 1. The standard InChI is InChI=1S/C12H11BrN2O2/c1-17-11(16)8-15-7-6-14-12(15)9-2-4-10(13)5-3-9/h2-7H,8H2,1H3. The van der Waals surface area contributed by atoms with Crippen LogP contribution in [-0.4, -0.2) is 22.6 Å². The number of aromatic nitrogens is 2. The lowest BCUT2D eigenvalue weighted by atomic mass is 10.2. The van der Waals surface area contributed by atoms with E-state index in [1.807, 2.05) is 24.3 Å². The summed E-state index contributed by atoms with van der Waals surface area (Å²) in [5, 5.41) is 0. The molecule has 0 N–H and O–H groups in total. The van der Waals surface area contributed by atoms with E-state index in [0.29, 0.717) is 0 Å². The van der Waals surface area contributed by atoms with E-state index in [2.05, 4.69) is 25.7 Å². The van der Waals surface area contributed by atoms with Crippen molar-refractivity contribution in [3.8, 4) is 11.4 Å². The molecular formula is C12H11BrN2O2. The molecule has 2 rings (SSSR count). The average Bonchev–Trinajstić information content (AvgIpc) is 2.78. The van der Waals surface area contributed by atoms with Gasteiger partial charge in [0.1, 0.15) is 12.4 Å². The molecule has 0 saturated carbocycles. The predicted octanol–water partition coefficient (Wildman–Crippen LogP) is 2.49. The Kier molecular flexibility index (Phi) is 3.58. The molecule has 0 fully saturated rings. The Bertz CT molecular complexity index is 520. The molecule has 0 aliphatic carbocycles. The Morgan fingerprint density at radius 1 is 1.41 bits per heavy atom. The third kappa shape index (κ3) is 2.74. The van der Waals surface area contributed by atoms with Crippen LogP contribution in [0.25, 0.3) is 11.4 Å². The molecule has 0 amide bonds. The SMILES string of the molecule is COC(=O)Cn1ccnc1-c1ccc(Br)cc1. The van der Waals surface area contributed by atoms with Gasteiger partial charge in [-0.25, -0.2) is 4.98 Å². The molecule has 0 bridgehead atoms. The Hall–Kier alpha value is -1.62. The molecule has 1 aromatic carbocycles. The van der Waals surface area contributed by atoms with E-state index < -0.39 is 0 Å². The van der Waals surface area contributed by atoms with Gasteiger partial charge in [-0.1, -0.05) is 28.1 Å². The van der Waals surface area contributed by atoms with E-state index in [0.717, 1.165) is 15.9 Å². The Labute approximate surface area is 107 Å². The monoisotopic (exact) mass is 294 g/mol. The first-order valence-corrected chi connectivity index (χ1v) is 5.84. The van der Waals surface area contributed by atoms with Crippen LogP contribution in [0.2, 0.25) is 0 Å². The number of methoxy groups -OCH3 is 1. The number of hydrogen-bond donors (Lipinski definition) is 0. The van der Waals surface area contributed by atoms with Gasteiger partial charge in [-0.05, 0) is 12.1 Å². The largest absolute Gasteiger partial charge is 0.468 e. The summed E-state index contributed by atoms with van der Waals surface area (Å²) >= 11 is 3.38. The van der Waals surface area contributed by atoms with E-state index in [1.54, 1.807) is 17.0 Å². The van der Waals surface area contributed by atoms with E-state index in [4.69, 9.17) is 0 Å². The van der Waals surface area contributed by atoms with Crippen LogP contribution in [0.3, 0.4) is 0 Å². The predicted molar refractivity (Wildman–Crippen MR) is 67.4 cm³/mol. The third-order valence-electron chi connectivity index (χ3n) is 2.35. The summed E-state index contributed by atoms with van der Waals surface area (Å²) in [6.45, 7) is 0.169. The Morgan fingerprint density at radius 3 is 2.76 bits per heavy atom. The number of carbonyl (C=O) groups is 1. The zero-order valence-corrected chi connectivity index (χ0v) is 10.8. The lowest BCUT2D eigenvalue weighted by Crippen LogP contribution is -2.11. The van der Waals surface area contributed by atoms with E-state index in [9.17, 15) is 4.79 Å². The second kappa shape index (κ2) is 5.14. The molecule has 0 unspecified atom stereocenters. The van der Waals surface area contributed by atoms with Crippen molar-refractivity contribution in [2.24, 2.45) is 0 Å². The highest BCUT2D eigenvalue weighted by Crippen LogP contribution is 2.20. The second-order valence-corrected chi connectivity index (χ2v) is 4.38. The van der Waals surface area contributed by atoms with Gasteiger partial charge in [0, 0.05) is 22.4 Å². The van der Waals surface area contributed by atoms with Crippen molar-refractivity contribution in [1.29, 1.82) is 0 Å². The molecule has 0 radical (unpaired) electrons. The fourth-order valence-corrected chi connectivity index (χ4v) is 1.76. The fraction of sp³-hybridized carbons (Fsp3) is 0.167. The van der Waals surface area contributed by atoms with Crippen LogP contribution in [0.1, 0.15) is 0 Å². The maximum absolute atomic E-state index is 11.2. The molecule has 17 heavy (non-hydrogen) atoms. The number of halogens is 1. The summed E-state index contributed by atoms with van der Waals surface area (Å²) in [6, 6.07) is 7.76. The van der Waals surface area contributed by atoms with Gasteiger partial charge in [0.05, 0.1) is 7.11 Å². The number of ether oxygens (including phenoxy) is 1. The molecule has 1 heterocycles. The van der Waals surface area contributed by atoms with Crippen molar-refractivity contribution in [3.63, 3.8) is 0 Å². The number of carbonyl (C=O) groups excluding carboxylic acids is 1. The summed E-state index contributed by atoms with van der Waals surface area (Å²) in [7, 11) is 1.37. The summed E-state index contributed by atoms with van der Waals surface area (Å²) in [5.41, 5.74) is 0.960. The van der Waals surface area contributed by atoms with Gasteiger partial charge in [-0.3, -0.25) is 4.79 Å². The molecule has 5 heteroatoms. The zero-order valence-electron chi connectivity index (χ0n) is 9.26. The van der Waals surface area contributed by atoms with Gasteiger partial charge < -0.3 is 9.30 Å². The molecule has 4 nitrogen and oxygen atoms in total. The first-order chi connectivity index (χ1) is 8.20. The van der Waals surface area contributed by atoms with Crippen LogP contribution in [0.5, 0.6) is 0 Å². The lowest BCUT2D eigenvalue weighted by Gasteiger charge is -2.06. The van der Waals surface area contributed by atoms with Gasteiger partial charge in [0.15, 0.2) is 0 Å². The van der Waals surface area contributed by atoms with Crippen molar-refractivity contribution in [3.05, 3.63) is 41.1 Å². The first-order valence-electron chi connectivity index (χ1n) is 5.04. The lowest BCUT2D eigenvalue weighted by molar-refractivity contribution is -0.141. The van der Waals surface area contributed by atoms with Crippen LogP contribution in [0, 0.1) is 0 Å². The highest BCUT2D eigenvalue weighted by Gasteiger charge is 2.09. The smallest absolute Gasteiger partial charge is 0.325 e. The summed E-state index contributed by atoms with van der Waals surface area (Å²) in [6.07, 6.45) is 3.43. The van der Waals surface area contributed by atoms with Gasteiger partial charge in [0.2, 0.25) is 0 Å². The van der Waals surface area contributed by atoms with Gasteiger partial charge in [-0.2, -0.15) is 0 Å². The van der Waals surface area contributed by atoms with Crippen molar-refractivity contribution in [2.45, 2.75) is 6.54 Å². The summed E-state index contributed by atoms with van der Waals surface area (Å²) in [5.74, 6) is 0.462. The van der Waals surface area contributed by atoms with Crippen LogP contribution < -0.4 is 0 Å². The number of hydrogen-bond acceptors (Lipinski definition) is 3. The van der Waals surface area contributed by atoms with Crippen LogP contribution in [0.15, 0.2) is 41.1 Å². The summed E-state index contributed by atoms with van der Waals surface area (Å²) in [4.78, 5) is 15.5. The maximum atomic E-state index is 11.2. The minimum Gasteiger partial charge on any atom is -0.468 e. The molecule has 0 atom stereocenters. The number of nitrogens with zero attached hydrogens (tertiary/aromatic N) is 2. The average molecular weight is 295 g/mol. The highest BCUT2D eigenvalue weighted by atomic mass is 79.9. The number of benzene rings is 1. The highest BCUT2D eigenvalue weighted by molar-refractivity contribution is 9.10. The van der Waals surface area contributed by atoms with Gasteiger partial charge in [0.25, 0.3) is 0 Å². The van der Waals surface area contributed by atoms with Crippen molar-refractivity contribution in [1.82, 2.24) is 9.55 Å². The molecule has 0 aliphatic rings. The van der Waals surface area contributed by atoms with Crippen LogP contribution in [-0.2, 0) is 16.1 Å². The Balaban J connectivity index is 2.30. The minimum atomic E-state index is -0.290. The summed E-state index contributed by atoms with van der Waals surface area (Å²) < 4.78 is 7.40. The van der Waals surface area contributed by atoms with Crippen molar-refractivity contribution < 1.29 is 9.53 Å². The van der Waals surface area contributed by atoms with E-state index in [-0.39, 0.29) is 12.5 Å². The minimum absolute atomic E-state index is 0.169. The molecule has 2 aromatic rings. The number of rotatable bonds is 3. The van der Waals surface area contributed by atoms with Crippen molar-refractivity contribution in [2.75, 3.05) is 7.11 Å². The number of imidazole rings is 1. The zero-order chi connectivity index (χ0) is 12.3. The molecular weight excluding hydrogens is 284 g/mol. The molecule has 88 valence electrons. The first kappa shape index (κ1) is 11.9. The van der Waals surface area contributed by atoms with Gasteiger partial charge in [-0.15, -0.1) is 0 Å². The normalized spacial score (nSPS) is 10.2. The fourth-order valence-electron chi connectivity index (χ4n) is 1.50. The third-order valence-corrected chi connectivity index (χ3v) is 2.87. The van der Waals surface area contributed by atoms with Gasteiger partial charge >= 0.3 is 5.97 Å². The Morgan fingerprint density at radius 2 is 2.12 bits per heavy atom. The van der Waals surface area contributed by atoms with E-state index in [1.165, 1.54) is 7.11 Å². The van der Waals surface area contributed by atoms with E-state index >= 15 is 0 Å². The van der Waals surface area contributed by atoms with Crippen LogP contribution >= 0.6 is 15.9 Å². The van der Waals surface area contributed by atoms with Crippen LogP contribution in [0.4, 0.5) is 0 Å². The van der Waals surface area contributed by atoms with Crippen molar-refractivity contribution >= 4 is 21.9 Å². The molecule has 0 aliphatic heterocycles. The quantitative estimate of drug-likeness (QED) is 0.817. The maximum Gasteiger partial charge on any atom is 0.325 e. The second-order valence-electron chi connectivity index (χ2n) is 3.46. The molecule has 0 spiro atoms.